The van der Waals surface area contributed by atoms with E-state index in [4.69, 9.17) is 4.74 Å². The van der Waals surface area contributed by atoms with Crippen molar-refractivity contribution in [2.45, 2.75) is 58.3 Å². The van der Waals surface area contributed by atoms with Crippen molar-refractivity contribution >= 4 is 0 Å². The van der Waals surface area contributed by atoms with Crippen LogP contribution in [0.2, 0.25) is 0 Å². The van der Waals surface area contributed by atoms with Gasteiger partial charge >= 0.3 is 0 Å². The van der Waals surface area contributed by atoms with Crippen LogP contribution in [0.5, 0.6) is 0 Å². The zero-order valence-corrected chi connectivity index (χ0v) is 12.2. The van der Waals surface area contributed by atoms with Crippen molar-refractivity contribution in [2.24, 2.45) is 23.7 Å². The van der Waals surface area contributed by atoms with Crippen LogP contribution in [-0.2, 0) is 4.74 Å². The van der Waals surface area contributed by atoms with E-state index >= 15 is 0 Å². The minimum atomic E-state index is 0.852. The molecule has 2 aliphatic carbocycles. The lowest BCUT2D eigenvalue weighted by Gasteiger charge is -2.37. The van der Waals surface area contributed by atoms with Crippen molar-refractivity contribution in [2.75, 3.05) is 13.7 Å². The fourth-order valence-electron chi connectivity index (χ4n) is 4.14. The predicted molar refractivity (Wildman–Crippen MR) is 77.6 cm³/mol. The largest absolute Gasteiger partial charge is 0.384 e. The molecule has 0 saturated heterocycles. The molecule has 0 atom stereocenters. The van der Waals surface area contributed by atoms with Gasteiger partial charge in [0.25, 0.3) is 0 Å². The summed E-state index contributed by atoms with van der Waals surface area (Å²) in [7, 11) is 1.84. The van der Waals surface area contributed by atoms with Gasteiger partial charge < -0.3 is 4.74 Å². The molecule has 0 aliphatic heterocycles. The Bertz CT molecular complexity index is 242. The first-order chi connectivity index (χ1) is 8.83. The average Bonchev–Trinajstić information content (AvgIpc) is 2.41. The van der Waals surface area contributed by atoms with E-state index < -0.39 is 0 Å². The van der Waals surface area contributed by atoms with Gasteiger partial charge in [0.15, 0.2) is 0 Å². The molecule has 0 unspecified atom stereocenters. The molecule has 2 aliphatic rings. The van der Waals surface area contributed by atoms with Gasteiger partial charge in [-0.2, -0.15) is 0 Å². The smallest absolute Gasteiger partial charge is 0.0490 e. The van der Waals surface area contributed by atoms with Crippen molar-refractivity contribution in [1.82, 2.24) is 0 Å². The van der Waals surface area contributed by atoms with Gasteiger partial charge in [0.2, 0.25) is 0 Å². The normalized spacial score (nSPS) is 38.1. The molecule has 104 valence electrons. The van der Waals surface area contributed by atoms with Crippen LogP contribution >= 0.6 is 0 Å². The molecule has 0 spiro atoms. The van der Waals surface area contributed by atoms with E-state index in [0.717, 1.165) is 30.3 Å². The Morgan fingerprint density at radius 1 is 0.889 bits per heavy atom. The van der Waals surface area contributed by atoms with Crippen molar-refractivity contribution in [3.63, 3.8) is 0 Å². The molecule has 2 rings (SSSR count). The highest BCUT2D eigenvalue weighted by atomic mass is 16.5. The number of rotatable bonds is 4. The first kappa shape index (κ1) is 14.1. The van der Waals surface area contributed by atoms with E-state index in [-0.39, 0.29) is 0 Å². The Labute approximate surface area is 113 Å². The number of ether oxygens (including phenoxy) is 1. The molecule has 2 fully saturated rings. The summed E-state index contributed by atoms with van der Waals surface area (Å²) in [4.78, 5) is 0. The van der Waals surface area contributed by atoms with Crippen molar-refractivity contribution < 1.29 is 4.74 Å². The Kier molecular flexibility index (Phi) is 5.75. The van der Waals surface area contributed by atoms with Gasteiger partial charge in [0, 0.05) is 13.7 Å². The summed E-state index contributed by atoms with van der Waals surface area (Å²) in [5, 5.41) is 0. The summed E-state index contributed by atoms with van der Waals surface area (Å²) < 4.78 is 5.30. The van der Waals surface area contributed by atoms with Crippen LogP contribution in [0, 0.1) is 23.7 Å². The van der Waals surface area contributed by atoms with Gasteiger partial charge in [-0.1, -0.05) is 12.2 Å². The lowest BCUT2D eigenvalue weighted by molar-refractivity contribution is 0.0957. The van der Waals surface area contributed by atoms with E-state index in [1.165, 1.54) is 51.4 Å². The molecule has 0 N–H and O–H groups in total. The molecule has 0 bridgehead atoms. The number of allylic oxidation sites excluding steroid dienone is 2. The van der Waals surface area contributed by atoms with E-state index in [1.54, 1.807) is 0 Å². The fraction of sp³-hybridized carbons (Fsp3) is 0.882. The Morgan fingerprint density at radius 2 is 1.44 bits per heavy atom. The zero-order valence-electron chi connectivity index (χ0n) is 12.2. The van der Waals surface area contributed by atoms with E-state index in [9.17, 15) is 0 Å². The average molecular weight is 250 g/mol. The molecular weight excluding hydrogens is 220 g/mol. The number of hydrogen-bond acceptors (Lipinski definition) is 1. The van der Waals surface area contributed by atoms with Gasteiger partial charge in [-0.15, -0.1) is 0 Å². The highest BCUT2D eigenvalue weighted by molar-refractivity contribution is 4.90. The molecular formula is C17H30O. The van der Waals surface area contributed by atoms with Crippen LogP contribution in [-0.4, -0.2) is 13.7 Å². The molecule has 0 aromatic rings. The summed E-state index contributed by atoms with van der Waals surface area (Å²) >= 11 is 0. The highest BCUT2D eigenvalue weighted by Gasteiger charge is 2.30. The van der Waals surface area contributed by atoms with Crippen LogP contribution < -0.4 is 0 Å². The third-order valence-corrected chi connectivity index (χ3v) is 5.24. The van der Waals surface area contributed by atoms with Gasteiger partial charge in [-0.05, 0) is 82.0 Å². The zero-order chi connectivity index (χ0) is 12.8. The summed E-state index contributed by atoms with van der Waals surface area (Å²) in [6.07, 6.45) is 16.2. The first-order valence-corrected chi connectivity index (χ1v) is 7.95. The molecule has 0 amide bonds. The summed E-state index contributed by atoms with van der Waals surface area (Å²) in [5.74, 6) is 3.81. The second-order valence-electron chi connectivity index (χ2n) is 6.44. The quantitative estimate of drug-likeness (QED) is 0.650. The fourth-order valence-corrected chi connectivity index (χ4v) is 4.14. The predicted octanol–water partition coefficient (Wildman–Crippen LogP) is 4.82. The Morgan fingerprint density at radius 3 is 1.94 bits per heavy atom. The van der Waals surface area contributed by atoms with Gasteiger partial charge in [-0.25, -0.2) is 0 Å². The Balaban J connectivity index is 1.71. The number of hydrogen-bond donors (Lipinski definition) is 0. The maximum absolute atomic E-state index is 5.30. The van der Waals surface area contributed by atoms with Crippen LogP contribution in [0.25, 0.3) is 0 Å². The molecule has 1 heteroatoms. The monoisotopic (exact) mass is 250 g/mol. The Hall–Kier alpha value is -0.300. The molecule has 0 aromatic carbocycles. The standard InChI is InChI=1S/C17H30O/c1-3-4-14-5-9-16(10-6-14)17-11-7-15(8-12-17)13-18-2/h3-4,14-17H,5-13H2,1-2H3. The number of methoxy groups -OCH3 is 1. The van der Waals surface area contributed by atoms with Crippen molar-refractivity contribution in [1.29, 1.82) is 0 Å². The summed E-state index contributed by atoms with van der Waals surface area (Å²) in [5.41, 5.74) is 0. The third kappa shape index (κ3) is 3.85. The van der Waals surface area contributed by atoms with Crippen LogP contribution in [0.15, 0.2) is 12.2 Å². The second kappa shape index (κ2) is 7.33. The first-order valence-electron chi connectivity index (χ1n) is 7.95. The molecule has 0 aromatic heterocycles. The maximum atomic E-state index is 5.30. The minimum absolute atomic E-state index is 0.852. The third-order valence-electron chi connectivity index (χ3n) is 5.24. The van der Waals surface area contributed by atoms with E-state index in [2.05, 4.69) is 19.1 Å². The molecule has 0 heterocycles. The van der Waals surface area contributed by atoms with Crippen LogP contribution in [0.3, 0.4) is 0 Å². The van der Waals surface area contributed by atoms with Gasteiger partial charge in [0.1, 0.15) is 0 Å². The van der Waals surface area contributed by atoms with Gasteiger partial charge in [-0.3, -0.25) is 0 Å². The SMILES string of the molecule is CC=CC1CCC(C2CCC(COC)CC2)CC1. The van der Waals surface area contributed by atoms with Crippen molar-refractivity contribution in [3.05, 3.63) is 12.2 Å². The second-order valence-corrected chi connectivity index (χ2v) is 6.44. The molecule has 0 radical (unpaired) electrons. The minimum Gasteiger partial charge on any atom is -0.384 e. The summed E-state index contributed by atoms with van der Waals surface area (Å²) in [6.45, 7) is 3.14. The lowest BCUT2D eigenvalue weighted by atomic mass is 9.69. The summed E-state index contributed by atoms with van der Waals surface area (Å²) in [6, 6.07) is 0. The topological polar surface area (TPSA) is 9.23 Å². The maximum Gasteiger partial charge on any atom is 0.0490 e. The van der Waals surface area contributed by atoms with Gasteiger partial charge in [0.05, 0.1) is 0 Å². The lowest BCUT2D eigenvalue weighted by Crippen LogP contribution is -2.26. The van der Waals surface area contributed by atoms with Crippen LogP contribution in [0.4, 0.5) is 0 Å². The molecule has 1 nitrogen and oxygen atoms in total. The van der Waals surface area contributed by atoms with E-state index in [0.29, 0.717) is 0 Å². The molecule has 18 heavy (non-hydrogen) atoms. The highest BCUT2D eigenvalue weighted by Crippen LogP contribution is 2.41. The van der Waals surface area contributed by atoms with E-state index in [1.807, 2.05) is 7.11 Å². The van der Waals surface area contributed by atoms with Crippen molar-refractivity contribution in [3.8, 4) is 0 Å². The van der Waals surface area contributed by atoms with Crippen LogP contribution in [0.1, 0.15) is 58.3 Å². The molecule has 2 saturated carbocycles.